The van der Waals surface area contributed by atoms with Crippen molar-refractivity contribution in [3.8, 4) is 0 Å². The third-order valence-electron chi connectivity index (χ3n) is 6.77. The van der Waals surface area contributed by atoms with Gasteiger partial charge in [0, 0.05) is 30.6 Å². The number of aromatic nitrogens is 2. The highest BCUT2D eigenvalue weighted by Gasteiger charge is 2.54. The molecule has 26 heavy (non-hydrogen) atoms. The summed E-state index contributed by atoms with van der Waals surface area (Å²) in [5.74, 6) is 2.38. The number of Topliss-reactive ketones (excluding diaryl/α,β-unsaturated/α-hetero) is 1. The predicted molar refractivity (Wildman–Crippen MR) is 100 cm³/mol. The normalized spacial score (nSPS) is 35.0. The molecule has 0 radical (unpaired) electrons. The summed E-state index contributed by atoms with van der Waals surface area (Å²) in [5.41, 5.74) is 1.32. The van der Waals surface area contributed by atoms with Gasteiger partial charge in [0.1, 0.15) is 5.69 Å². The van der Waals surface area contributed by atoms with Gasteiger partial charge in [0.2, 0.25) is 0 Å². The van der Waals surface area contributed by atoms with E-state index in [1.165, 1.54) is 12.8 Å². The molecule has 4 aliphatic carbocycles. The highest BCUT2D eigenvalue weighted by molar-refractivity contribution is 7.09. The van der Waals surface area contributed by atoms with Gasteiger partial charge in [-0.15, -0.1) is 11.3 Å². The molecule has 0 spiro atoms. The minimum Gasteiger partial charge on any atom is -0.390 e. The number of nitrogens with zero attached hydrogens (tertiary/aromatic N) is 2. The minimum atomic E-state index is -0.423. The molecule has 4 aliphatic rings. The van der Waals surface area contributed by atoms with Gasteiger partial charge < -0.3 is 5.11 Å². The molecule has 2 heterocycles. The molecule has 4 nitrogen and oxygen atoms in total. The van der Waals surface area contributed by atoms with Crippen LogP contribution in [0.15, 0.2) is 29.9 Å². The Morgan fingerprint density at radius 1 is 1.27 bits per heavy atom. The molecule has 0 aliphatic heterocycles. The van der Waals surface area contributed by atoms with Crippen LogP contribution in [-0.2, 0) is 6.42 Å². The van der Waals surface area contributed by atoms with Gasteiger partial charge in [0.15, 0.2) is 5.78 Å². The number of hydrogen-bond donors (Lipinski definition) is 1. The summed E-state index contributed by atoms with van der Waals surface area (Å²) in [7, 11) is 0. The zero-order chi connectivity index (χ0) is 17.7. The maximum absolute atomic E-state index is 12.9. The Hall–Kier alpha value is -1.59. The fourth-order valence-electron chi connectivity index (χ4n) is 5.94. The summed E-state index contributed by atoms with van der Waals surface area (Å²) in [5, 5.41) is 13.6. The predicted octanol–water partition coefficient (Wildman–Crippen LogP) is 3.89. The number of aliphatic hydroxyl groups is 1. The lowest BCUT2D eigenvalue weighted by Gasteiger charge is -2.58. The second-order valence-corrected chi connectivity index (χ2v) is 9.59. The van der Waals surface area contributed by atoms with Crippen molar-refractivity contribution in [1.29, 1.82) is 0 Å². The van der Waals surface area contributed by atoms with Gasteiger partial charge in [-0.2, -0.15) is 0 Å². The lowest BCUT2D eigenvalue weighted by atomic mass is 9.49. The molecular formula is C21H24N2O2S. The Kier molecular flexibility index (Phi) is 3.98. The average Bonchev–Trinajstić information content (AvgIpc) is 3.06. The zero-order valence-corrected chi connectivity index (χ0v) is 15.6. The van der Waals surface area contributed by atoms with Crippen LogP contribution in [0.5, 0.6) is 0 Å². The second-order valence-electron chi connectivity index (χ2n) is 8.65. The number of ketones is 1. The molecule has 5 heteroatoms. The minimum absolute atomic E-state index is 0.183. The van der Waals surface area contributed by atoms with Crippen molar-refractivity contribution in [2.45, 2.75) is 50.5 Å². The van der Waals surface area contributed by atoms with Crippen molar-refractivity contribution in [1.82, 2.24) is 9.97 Å². The second kappa shape index (κ2) is 6.24. The molecule has 136 valence electrons. The maximum atomic E-state index is 12.9. The molecule has 4 fully saturated rings. The smallest absolute Gasteiger partial charge is 0.182 e. The summed E-state index contributed by atoms with van der Waals surface area (Å²) in [6.45, 7) is 0. The van der Waals surface area contributed by atoms with Gasteiger partial charge in [-0.05, 0) is 67.4 Å². The molecule has 4 saturated carbocycles. The van der Waals surface area contributed by atoms with Crippen LogP contribution in [0.3, 0.4) is 0 Å². The van der Waals surface area contributed by atoms with Gasteiger partial charge in [-0.25, -0.2) is 4.98 Å². The molecule has 2 atom stereocenters. The third kappa shape index (κ3) is 3.01. The first-order valence-corrected chi connectivity index (χ1v) is 10.5. The Bertz CT molecular complexity index is 802. The van der Waals surface area contributed by atoms with Crippen molar-refractivity contribution < 1.29 is 9.90 Å². The largest absolute Gasteiger partial charge is 0.390 e. The number of pyridine rings is 1. The van der Waals surface area contributed by atoms with Gasteiger partial charge in [-0.1, -0.05) is 6.07 Å². The van der Waals surface area contributed by atoms with Gasteiger partial charge in [-0.3, -0.25) is 9.78 Å². The van der Waals surface area contributed by atoms with E-state index in [0.29, 0.717) is 35.8 Å². The van der Waals surface area contributed by atoms with Crippen LogP contribution in [0.1, 0.15) is 59.6 Å². The standard InChI is InChI=1S/C21H24N2O2S/c24-19(18-12-26-20(23-18)6-13-2-1-3-22-11-13)7-17-15-4-14-5-16(17)10-21(25,8-14)9-15/h1-3,11-12,14-17,25H,4-10H2. The van der Waals surface area contributed by atoms with Gasteiger partial charge in [0.25, 0.3) is 0 Å². The van der Waals surface area contributed by atoms with Crippen molar-refractivity contribution in [2.75, 3.05) is 0 Å². The topological polar surface area (TPSA) is 63.1 Å². The summed E-state index contributed by atoms with van der Waals surface area (Å²) in [4.78, 5) is 21.6. The molecule has 6 rings (SSSR count). The monoisotopic (exact) mass is 368 g/mol. The molecule has 0 aromatic carbocycles. The van der Waals surface area contributed by atoms with E-state index in [-0.39, 0.29) is 5.78 Å². The first-order valence-electron chi connectivity index (χ1n) is 9.67. The van der Waals surface area contributed by atoms with Crippen LogP contribution in [0.4, 0.5) is 0 Å². The zero-order valence-electron chi connectivity index (χ0n) is 14.8. The highest BCUT2D eigenvalue weighted by Crippen LogP contribution is 2.59. The van der Waals surface area contributed by atoms with E-state index in [0.717, 1.165) is 36.3 Å². The van der Waals surface area contributed by atoms with Gasteiger partial charge in [0.05, 0.1) is 10.6 Å². The SMILES string of the molecule is O=C(CC1C2CC3CC1CC(O)(C3)C2)c1csc(Cc2cccnc2)n1. The van der Waals surface area contributed by atoms with Crippen LogP contribution in [0.2, 0.25) is 0 Å². The first-order chi connectivity index (χ1) is 12.6. The van der Waals surface area contributed by atoms with Crippen molar-refractivity contribution in [3.63, 3.8) is 0 Å². The van der Waals surface area contributed by atoms with E-state index < -0.39 is 5.60 Å². The van der Waals surface area contributed by atoms with Crippen LogP contribution < -0.4 is 0 Å². The number of hydrogen-bond acceptors (Lipinski definition) is 5. The number of thiazole rings is 1. The fraction of sp³-hybridized carbons (Fsp3) is 0.571. The highest BCUT2D eigenvalue weighted by atomic mass is 32.1. The molecule has 0 amide bonds. The van der Waals surface area contributed by atoms with E-state index in [2.05, 4.69) is 9.97 Å². The molecule has 2 unspecified atom stereocenters. The van der Waals surface area contributed by atoms with Crippen LogP contribution >= 0.6 is 11.3 Å². The van der Waals surface area contributed by atoms with E-state index in [1.807, 2.05) is 23.7 Å². The van der Waals surface area contributed by atoms with Crippen LogP contribution in [0.25, 0.3) is 0 Å². The van der Waals surface area contributed by atoms with E-state index in [9.17, 15) is 9.90 Å². The Labute approximate surface area is 157 Å². The van der Waals surface area contributed by atoms with Gasteiger partial charge >= 0.3 is 0 Å². The van der Waals surface area contributed by atoms with E-state index in [1.54, 1.807) is 17.5 Å². The van der Waals surface area contributed by atoms with E-state index in [4.69, 9.17) is 0 Å². The molecular weight excluding hydrogens is 344 g/mol. The molecule has 4 bridgehead atoms. The lowest BCUT2D eigenvalue weighted by molar-refractivity contribution is -0.151. The lowest BCUT2D eigenvalue weighted by Crippen LogP contribution is -2.54. The Morgan fingerprint density at radius 2 is 2.08 bits per heavy atom. The summed E-state index contributed by atoms with van der Waals surface area (Å²) >= 11 is 1.56. The van der Waals surface area contributed by atoms with Crippen LogP contribution in [0, 0.1) is 23.7 Å². The number of rotatable bonds is 5. The maximum Gasteiger partial charge on any atom is 0.182 e. The molecule has 1 N–H and O–H groups in total. The number of carbonyl (C=O) groups is 1. The molecule has 2 aromatic heterocycles. The fourth-order valence-corrected chi connectivity index (χ4v) is 6.77. The van der Waals surface area contributed by atoms with Crippen molar-refractivity contribution >= 4 is 17.1 Å². The van der Waals surface area contributed by atoms with E-state index >= 15 is 0 Å². The van der Waals surface area contributed by atoms with Crippen molar-refractivity contribution in [2.24, 2.45) is 23.7 Å². The molecule has 0 saturated heterocycles. The summed E-state index contributed by atoms with van der Waals surface area (Å²) < 4.78 is 0. The number of carbonyl (C=O) groups excluding carboxylic acids is 1. The Morgan fingerprint density at radius 3 is 2.77 bits per heavy atom. The Balaban J connectivity index is 1.27. The van der Waals surface area contributed by atoms with Crippen molar-refractivity contribution in [3.05, 3.63) is 46.2 Å². The first kappa shape index (κ1) is 16.6. The summed E-state index contributed by atoms with van der Waals surface area (Å²) in [6.07, 6.45) is 10.2. The average molecular weight is 369 g/mol. The summed E-state index contributed by atoms with van der Waals surface area (Å²) in [6, 6.07) is 3.96. The quantitative estimate of drug-likeness (QED) is 0.813. The van der Waals surface area contributed by atoms with Crippen LogP contribution in [-0.4, -0.2) is 26.5 Å². The third-order valence-corrected chi connectivity index (χ3v) is 7.62. The molecule has 2 aromatic rings.